The fourth-order valence-corrected chi connectivity index (χ4v) is 6.19. The standard InChI is InChI=1S/C10H17NO3S/c12-15(13)8-10(3-1-2-9(10)15)11-4-6-14-7-5-11/h9H,1-8H2/t9-,10+/m0/s1. The van der Waals surface area contributed by atoms with Gasteiger partial charge in [0.25, 0.3) is 0 Å². The molecule has 2 saturated heterocycles. The first-order valence-electron chi connectivity index (χ1n) is 5.70. The first-order chi connectivity index (χ1) is 7.15. The van der Waals surface area contributed by atoms with Gasteiger partial charge in [0, 0.05) is 13.1 Å². The molecule has 15 heavy (non-hydrogen) atoms. The topological polar surface area (TPSA) is 46.6 Å². The van der Waals surface area contributed by atoms with Crippen LogP contribution in [0.4, 0.5) is 0 Å². The van der Waals surface area contributed by atoms with E-state index in [4.69, 9.17) is 4.74 Å². The molecular weight excluding hydrogens is 214 g/mol. The Labute approximate surface area is 90.5 Å². The van der Waals surface area contributed by atoms with E-state index in [2.05, 4.69) is 4.90 Å². The number of hydrogen-bond acceptors (Lipinski definition) is 4. The van der Waals surface area contributed by atoms with Gasteiger partial charge >= 0.3 is 0 Å². The second kappa shape index (κ2) is 3.18. The van der Waals surface area contributed by atoms with E-state index in [0.717, 1.165) is 45.6 Å². The maximum atomic E-state index is 11.7. The Morgan fingerprint density at radius 3 is 2.67 bits per heavy atom. The lowest BCUT2D eigenvalue weighted by Gasteiger charge is -2.52. The van der Waals surface area contributed by atoms with Gasteiger partial charge in [-0.1, -0.05) is 6.42 Å². The predicted molar refractivity (Wildman–Crippen MR) is 56.5 cm³/mol. The van der Waals surface area contributed by atoms with E-state index < -0.39 is 9.84 Å². The third kappa shape index (κ3) is 1.29. The average Bonchev–Trinajstić information content (AvgIpc) is 2.59. The van der Waals surface area contributed by atoms with Crippen molar-refractivity contribution in [2.45, 2.75) is 30.1 Å². The van der Waals surface area contributed by atoms with E-state index in [0.29, 0.717) is 5.75 Å². The molecule has 2 atom stereocenters. The molecule has 1 aliphatic carbocycles. The molecule has 5 heteroatoms. The molecule has 0 unspecified atom stereocenters. The third-order valence-electron chi connectivity index (χ3n) is 4.20. The molecule has 0 spiro atoms. The minimum absolute atomic E-state index is 0.00259. The van der Waals surface area contributed by atoms with Crippen LogP contribution in [-0.2, 0) is 14.6 Å². The summed E-state index contributed by atoms with van der Waals surface area (Å²) in [5.41, 5.74) is 0.00259. The van der Waals surface area contributed by atoms with Crippen LogP contribution in [0, 0.1) is 0 Å². The highest BCUT2D eigenvalue weighted by Crippen LogP contribution is 2.49. The number of hydrogen-bond donors (Lipinski definition) is 0. The molecule has 0 amide bonds. The van der Waals surface area contributed by atoms with Gasteiger partial charge in [0.2, 0.25) is 0 Å². The maximum absolute atomic E-state index is 11.7. The van der Waals surface area contributed by atoms with E-state index in [9.17, 15) is 8.42 Å². The molecule has 0 aromatic carbocycles. The zero-order valence-corrected chi connectivity index (χ0v) is 9.63. The predicted octanol–water partition coefficient (Wildman–Crippen LogP) is 0.0383. The lowest BCUT2D eigenvalue weighted by Crippen LogP contribution is -2.70. The van der Waals surface area contributed by atoms with Gasteiger partial charge in [-0.2, -0.15) is 0 Å². The van der Waals surface area contributed by atoms with Gasteiger partial charge in [0.05, 0.1) is 29.8 Å². The third-order valence-corrected chi connectivity index (χ3v) is 6.64. The Balaban J connectivity index is 1.85. The van der Waals surface area contributed by atoms with Crippen molar-refractivity contribution in [3.05, 3.63) is 0 Å². The van der Waals surface area contributed by atoms with Crippen molar-refractivity contribution in [2.75, 3.05) is 32.1 Å². The second-order valence-corrected chi connectivity index (χ2v) is 7.07. The fraction of sp³-hybridized carbons (Fsp3) is 1.00. The molecule has 0 radical (unpaired) electrons. The summed E-state index contributed by atoms with van der Waals surface area (Å²) >= 11 is 0. The molecule has 0 aromatic rings. The highest BCUT2D eigenvalue weighted by Gasteiger charge is 2.63. The van der Waals surface area contributed by atoms with Crippen molar-refractivity contribution in [1.29, 1.82) is 0 Å². The molecule has 86 valence electrons. The van der Waals surface area contributed by atoms with E-state index in [1.165, 1.54) is 0 Å². The molecule has 3 aliphatic rings. The zero-order valence-electron chi connectivity index (χ0n) is 8.81. The second-order valence-electron chi connectivity index (χ2n) is 4.89. The number of ether oxygens (including phenoxy) is 1. The van der Waals surface area contributed by atoms with Crippen LogP contribution in [0.3, 0.4) is 0 Å². The highest BCUT2D eigenvalue weighted by atomic mass is 32.2. The Morgan fingerprint density at radius 2 is 2.00 bits per heavy atom. The number of morpholine rings is 1. The van der Waals surface area contributed by atoms with Crippen LogP contribution in [-0.4, -0.2) is 56.2 Å². The smallest absolute Gasteiger partial charge is 0.156 e. The molecule has 3 rings (SSSR count). The molecule has 1 saturated carbocycles. The van der Waals surface area contributed by atoms with E-state index in [1.807, 2.05) is 0 Å². The molecular formula is C10H17NO3S. The molecule has 2 heterocycles. The zero-order chi connectivity index (χ0) is 10.5. The van der Waals surface area contributed by atoms with Gasteiger partial charge in [0.15, 0.2) is 9.84 Å². The molecule has 4 nitrogen and oxygen atoms in total. The minimum atomic E-state index is -2.75. The minimum Gasteiger partial charge on any atom is -0.379 e. The Kier molecular flexibility index (Phi) is 2.13. The summed E-state index contributed by atoms with van der Waals surface area (Å²) in [5, 5.41) is -0.0666. The van der Waals surface area contributed by atoms with Gasteiger partial charge in [-0.05, 0) is 12.8 Å². The monoisotopic (exact) mass is 231 g/mol. The van der Waals surface area contributed by atoms with Crippen LogP contribution in [0.1, 0.15) is 19.3 Å². The summed E-state index contributed by atoms with van der Waals surface area (Å²) in [7, 11) is -2.75. The van der Waals surface area contributed by atoms with Gasteiger partial charge in [0.1, 0.15) is 0 Å². The number of nitrogens with zero attached hydrogens (tertiary/aromatic N) is 1. The van der Waals surface area contributed by atoms with Gasteiger partial charge in [-0.15, -0.1) is 0 Å². The van der Waals surface area contributed by atoms with Crippen molar-refractivity contribution < 1.29 is 13.2 Å². The molecule has 0 N–H and O–H groups in total. The van der Waals surface area contributed by atoms with Crippen molar-refractivity contribution in [3.8, 4) is 0 Å². The lowest BCUT2D eigenvalue weighted by atomic mass is 9.95. The maximum Gasteiger partial charge on any atom is 0.156 e. The van der Waals surface area contributed by atoms with E-state index in [1.54, 1.807) is 0 Å². The Hall–Kier alpha value is -0.130. The van der Waals surface area contributed by atoms with E-state index >= 15 is 0 Å². The fourth-order valence-electron chi connectivity index (χ4n) is 3.51. The Morgan fingerprint density at radius 1 is 1.27 bits per heavy atom. The molecule has 0 bridgehead atoms. The molecule has 3 fully saturated rings. The van der Waals surface area contributed by atoms with Crippen LogP contribution in [0.2, 0.25) is 0 Å². The molecule has 2 aliphatic heterocycles. The number of fused-ring (bicyclic) bond motifs is 1. The first-order valence-corrected chi connectivity index (χ1v) is 7.41. The van der Waals surface area contributed by atoms with Crippen LogP contribution in [0.5, 0.6) is 0 Å². The average molecular weight is 231 g/mol. The quantitative estimate of drug-likeness (QED) is 0.639. The summed E-state index contributed by atoms with van der Waals surface area (Å²) in [6, 6.07) is 0. The number of sulfone groups is 1. The van der Waals surface area contributed by atoms with Crippen LogP contribution < -0.4 is 0 Å². The Bertz CT molecular complexity index is 361. The van der Waals surface area contributed by atoms with Gasteiger partial charge in [-0.3, -0.25) is 4.90 Å². The summed E-state index contributed by atoms with van der Waals surface area (Å²) in [5.74, 6) is 0.394. The SMILES string of the molecule is O=S1(=O)C[C@]2(N3CCOCC3)CCC[C@@H]21. The highest BCUT2D eigenvalue weighted by molar-refractivity contribution is 7.93. The largest absolute Gasteiger partial charge is 0.379 e. The number of rotatable bonds is 1. The van der Waals surface area contributed by atoms with Crippen molar-refractivity contribution in [3.63, 3.8) is 0 Å². The summed E-state index contributed by atoms with van der Waals surface area (Å²) in [6.07, 6.45) is 3.01. The summed E-state index contributed by atoms with van der Waals surface area (Å²) in [4.78, 5) is 2.37. The first kappa shape index (κ1) is 10.1. The van der Waals surface area contributed by atoms with Crippen LogP contribution in [0.15, 0.2) is 0 Å². The normalized spacial score (nSPS) is 44.7. The van der Waals surface area contributed by atoms with Crippen molar-refractivity contribution in [1.82, 2.24) is 4.90 Å². The van der Waals surface area contributed by atoms with Crippen LogP contribution in [0.25, 0.3) is 0 Å². The van der Waals surface area contributed by atoms with Crippen LogP contribution >= 0.6 is 0 Å². The molecule has 0 aromatic heterocycles. The summed E-state index contributed by atoms with van der Waals surface area (Å²) in [6.45, 7) is 3.33. The van der Waals surface area contributed by atoms with Crippen molar-refractivity contribution in [2.24, 2.45) is 0 Å². The lowest BCUT2D eigenvalue weighted by molar-refractivity contribution is -0.0175. The van der Waals surface area contributed by atoms with Gasteiger partial charge in [-0.25, -0.2) is 8.42 Å². The van der Waals surface area contributed by atoms with Crippen molar-refractivity contribution >= 4 is 9.84 Å². The summed E-state index contributed by atoms with van der Waals surface area (Å²) < 4.78 is 28.7. The van der Waals surface area contributed by atoms with E-state index in [-0.39, 0.29) is 10.8 Å². The van der Waals surface area contributed by atoms with Gasteiger partial charge < -0.3 is 4.74 Å².